The first-order chi connectivity index (χ1) is 7.61. The van der Waals surface area contributed by atoms with Gasteiger partial charge in [0.1, 0.15) is 0 Å². The van der Waals surface area contributed by atoms with Gasteiger partial charge in [-0.15, -0.1) is 0 Å². The summed E-state index contributed by atoms with van der Waals surface area (Å²) in [7, 11) is 0. The number of nitrogens with one attached hydrogen (secondary N) is 1. The van der Waals surface area contributed by atoms with Crippen molar-refractivity contribution in [2.24, 2.45) is 5.92 Å². The van der Waals surface area contributed by atoms with Crippen LogP contribution in [0.4, 0.5) is 0 Å². The maximum atomic E-state index is 11.3. The van der Waals surface area contributed by atoms with Crippen molar-refractivity contribution in [3.63, 3.8) is 0 Å². The molecule has 1 rings (SSSR count). The third kappa shape index (κ3) is 4.97. The van der Waals surface area contributed by atoms with Crippen molar-refractivity contribution in [1.29, 1.82) is 0 Å². The van der Waals surface area contributed by atoms with E-state index < -0.39 is 0 Å². The van der Waals surface area contributed by atoms with Gasteiger partial charge in [0, 0.05) is 18.5 Å². The van der Waals surface area contributed by atoms with Crippen LogP contribution in [0.3, 0.4) is 0 Å². The van der Waals surface area contributed by atoms with Crippen molar-refractivity contribution in [2.75, 3.05) is 6.61 Å². The predicted molar refractivity (Wildman–Crippen MR) is 65.3 cm³/mol. The van der Waals surface area contributed by atoms with Gasteiger partial charge >= 0.3 is 5.97 Å². The van der Waals surface area contributed by atoms with Crippen molar-refractivity contribution >= 4 is 5.97 Å². The lowest BCUT2D eigenvalue weighted by Gasteiger charge is -2.30. The molecular formula is C13H25NO2. The van der Waals surface area contributed by atoms with Crippen LogP contribution in [-0.2, 0) is 9.53 Å². The van der Waals surface area contributed by atoms with Crippen LogP contribution in [-0.4, -0.2) is 24.7 Å². The molecule has 0 aromatic carbocycles. The highest BCUT2D eigenvalue weighted by atomic mass is 16.5. The van der Waals surface area contributed by atoms with E-state index in [9.17, 15) is 4.79 Å². The van der Waals surface area contributed by atoms with Crippen LogP contribution in [0.2, 0.25) is 0 Å². The second-order valence-corrected chi connectivity index (χ2v) is 5.05. The molecule has 0 aromatic rings. The van der Waals surface area contributed by atoms with Crippen LogP contribution in [0, 0.1) is 5.92 Å². The Hall–Kier alpha value is -0.570. The van der Waals surface area contributed by atoms with Crippen LogP contribution in [0.25, 0.3) is 0 Å². The monoisotopic (exact) mass is 227 g/mol. The van der Waals surface area contributed by atoms with E-state index in [-0.39, 0.29) is 5.97 Å². The summed E-state index contributed by atoms with van der Waals surface area (Å²) in [4.78, 5) is 11.3. The molecule has 0 aliphatic heterocycles. The highest BCUT2D eigenvalue weighted by molar-refractivity contribution is 5.69. The van der Waals surface area contributed by atoms with E-state index in [1.165, 1.54) is 12.8 Å². The lowest BCUT2D eigenvalue weighted by molar-refractivity contribution is -0.144. The molecule has 0 bridgehead atoms. The smallest absolute Gasteiger partial charge is 0.306 e. The van der Waals surface area contributed by atoms with Crippen molar-refractivity contribution in [3.05, 3.63) is 0 Å². The molecule has 0 unspecified atom stereocenters. The number of hydrogen-bond donors (Lipinski definition) is 1. The normalized spacial score (nSPS) is 25.8. The molecule has 0 aromatic heterocycles. The number of carbonyl (C=O) groups excluding carboxylic acids is 1. The van der Waals surface area contributed by atoms with Gasteiger partial charge in [-0.05, 0) is 38.5 Å². The maximum absolute atomic E-state index is 11.3. The van der Waals surface area contributed by atoms with E-state index in [0.717, 1.165) is 12.8 Å². The molecular weight excluding hydrogens is 202 g/mol. The molecule has 1 N–H and O–H groups in total. The topological polar surface area (TPSA) is 38.3 Å². The van der Waals surface area contributed by atoms with Gasteiger partial charge in [0.15, 0.2) is 0 Å². The minimum atomic E-state index is -0.0252. The third-order valence-corrected chi connectivity index (χ3v) is 3.18. The van der Waals surface area contributed by atoms with Crippen molar-refractivity contribution < 1.29 is 9.53 Å². The molecule has 1 saturated carbocycles. The Kier molecular flexibility index (Phi) is 5.81. The quantitative estimate of drug-likeness (QED) is 0.733. The van der Waals surface area contributed by atoms with Crippen LogP contribution in [0.5, 0.6) is 0 Å². The van der Waals surface area contributed by atoms with Gasteiger partial charge in [0.25, 0.3) is 0 Å². The number of esters is 1. The molecule has 1 aliphatic carbocycles. The Morgan fingerprint density at radius 3 is 2.44 bits per heavy atom. The highest BCUT2D eigenvalue weighted by Gasteiger charge is 2.23. The molecule has 0 saturated heterocycles. The van der Waals surface area contributed by atoms with Crippen LogP contribution in [0.15, 0.2) is 0 Å². The van der Waals surface area contributed by atoms with Gasteiger partial charge in [0.05, 0.1) is 6.61 Å². The van der Waals surface area contributed by atoms with E-state index in [1.807, 2.05) is 6.92 Å². The van der Waals surface area contributed by atoms with E-state index in [2.05, 4.69) is 19.2 Å². The third-order valence-electron chi connectivity index (χ3n) is 3.18. The fraction of sp³-hybridized carbons (Fsp3) is 0.923. The SMILES string of the molecule is CCOC(=O)C[C@H]1CC[C@H](NC(C)C)CC1. The fourth-order valence-corrected chi connectivity index (χ4v) is 2.46. The number of hydrogen-bond acceptors (Lipinski definition) is 3. The molecule has 1 fully saturated rings. The minimum absolute atomic E-state index is 0.0252. The highest BCUT2D eigenvalue weighted by Crippen LogP contribution is 2.27. The fourth-order valence-electron chi connectivity index (χ4n) is 2.46. The van der Waals surface area contributed by atoms with Gasteiger partial charge in [-0.3, -0.25) is 4.79 Å². The van der Waals surface area contributed by atoms with E-state index in [0.29, 0.717) is 31.0 Å². The van der Waals surface area contributed by atoms with Crippen molar-refractivity contribution in [3.8, 4) is 0 Å². The van der Waals surface area contributed by atoms with Gasteiger partial charge in [-0.25, -0.2) is 0 Å². The lowest BCUT2D eigenvalue weighted by atomic mass is 9.84. The summed E-state index contributed by atoms with van der Waals surface area (Å²) in [6.07, 6.45) is 5.32. The average Bonchev–Trinajstić information content (AvgIpc) is 2.20. The lowest BCUT2D eigenvalue weighted by Crippen LogP contribution is -2.37. The first-order valence-electron chi connectivity index (χ1n) is 6.53. The standard InChI is InChI=1S/C13H25NO2/c1-4-16-13(15)9-11-5-7-12(8-6-11)14-10(2)3/h10-12,14H,4-9H2,1-3H3/t11-,12-. The largest absolute Gasteiger partial charge is 0.466 e. The first-order valence-corrected chi connectivity index (χ1v) is 6.53. The molecule has 0 spiro atoms. The van der Waals surface area contributed by atoms with Gasteiger partial charge in [-0.2, -0.15) is 0 Å². The summed E-state index contributed by atoms with van der Waals surface area (Å²) in [6, 6.07) is 1.21. The summed E-state index contributed by atoms with van der Waals surface area (Å²) in [6.45, 7) is 6.74. The molecule has 1 aliphatic rings. The van der Waals surface area contributed by atoms with Gasteiger partial charge in [-0.1, -0.05) is 13.8 Å². The Labute approximate surface area is 98.9 Å². The minimum Gasteiger partial charge on any atom is -0.466 e. The first kappa shape index (κ1) is 13.5. The Morgan fingerprint density at radius 1 is 1.31 bits per heavy atom. The Balaban J connectivity index is 2.19. The Morgan fingerprint density at radius 2 is 1.94 bits per heavy atom. The summed E-state index contributed by atoms with van der Waals surface area (Å²) in [5.74, 6) is 0.520. The summed E-state index contributed by atoms with van der Waals surface area (Å²) >= 11 is 0. The molecule has 3 heteroatoms. The van der Waals surface area contributed by atoms with Crippen LogP contribution >= 0.6 is 0 Å². The molecule has 0 atom stereocenters. The molecule has 94 valence electrons. The van der Waals surface area contributed by atoms with E-state index >= 15 is 0 Å². The second-order valence-electron chi connectivity index (χ2n) is 5.05. The van der Waals surface area contributed by atoms with Crippen molar-refractivity contribution in [1.82, 2.24) is 5.32 Å². The number of rotatable bonds is 5. The number of ether oxygens (including phenoxy) is 1. The Bertz CT molecular complexity index is 208. The van der Waals surface area contributed by atoms with Gasteiger partial charge < -0.3 is 10.1 Å². The zero-order chi connectivity index (χ0) is 12.0. The summed E-state index contributed by atoms with van der Waals surface area (Å²) in [5.41, 5.74) is 0. The average molecular weight is 227 g/mol. The molecule has 3 nitrogen and oxygen atoms in total. The summed E-state index contributed by atoms with van der Waals surface area (Å²) < 4.78 is 4.98. The second kappa shape index (κ2) is 6.89. The van der Waals surface area contributed by atoms with E-state index in [1.54, 1.807) is 0 Å². The maximum Gasteiger partial charge on any atom is 0.306 e. The molecule has 0 amide bonds. The predicted octanol–water partition coefficient (Wildman–Crippen LogP) is 2.50. The van der Waals surface area contributed by atoms with Crippen LogP contribution < -0.4 is 5.32 Å². The van der Waals surface area contributed by atoms with Crippen LogP contribution in [0.1, 0.15) is 52.9 Å². The number of carbonyl (C=O) groups is 1. The molecule has 0 heterocycles. The van der Waals surface area contributed by atoms with E-state index in [4.69, 9.17) is 4.74 Å². The molecule has 16 heavy (non-hydrogen) atoms. The zero-order valence-corrected chi connectivity index (χ0v) is 10.8. The summed E-state index contributed by atoms with van der Waals surface area (Å²) in [5, 5.41) is 3.56. The molecule has 0 radical (unpaired) electrons. The zero-order valence-electron chi connectivity index (χ0n) is 10.8. The van der Waals surface area contributed by atoms with Crippen molar-refractivity contribution in [2.45, 2.75) is 65.0 Å². The van der Waals surface area contributed by atoms with Gasteiger partial charge in [0.2, 0.25) is 0 Å².